The molecular formula is C27H18Br2. The first kappa shape index (κ1) is 17.7. The predicted octanol–water partition coefficient (Wildman–Crippen LogP) is 7.82. The molecule has 140 valence electrons. The molecule has 6 rings (SSSR count). The fraction of sp³-hybridized carbons (Fsp3) is 0.111. The Morgan fingerprint density at radius 2 is 0.897 bits per heavy atom. The Bertz CT molecular complexity index is 1180. The van der Waals surface area contributed by atoms with Gasteiger partial charge < -0.3 is 0 Å². The third-order valence-corrected chi connectivity index (χ3v) is 7.82. The van der Waals surface area contributed by atoms with E-state index in [9.17, 15) is 0 Å². The zero-order valence-electron chi connectivity index (χ0n) is 15.8. The first-order chi connectivity index (χ1) is 14.3. The van der Waals surface area contributed by atoms with Gasteiger partial charge in [-0.2, -0.15) is 0 Å². The summed E-state index contributed by atoms with van der Waals surface area (Å²) in [4.78, 5) is 0. The molecule has 2 aliphatic rings. The van der Waals surface area contributed by atoms with E-state index < -0.39 is 0 Å². The van der Waals surface area contributed by atoms with E-state index in [2.05, 4.69) is 117 Å². The van der Waals surface area contributed by atoms with Gasteiger partial charge in [0.15, 0.2) is 0 Å². The molecule has 0 fully saturated rings. The van der Waals surface area contributed by atoms with Gasteiger partial charge in [0.2, 0.25) is 0 Å². The van der Waals surface area contributed by atoms with Crippen LogP contribution >= 0.6 is 31.9 Å². The van der Waals surface area contributed by atoms with Gasteiger partial charge in [-0.15, -0.1) is 0 Å². The largest absolute Gasteiger partial charge is 0.0876 e. The SMILES string of the molecule is BrCc1ccc2c(c1)C1(c3ccccc3-2)c2ccccc2-c2ccc(CBr)cc21. The molecule has 0 N–H and O–H groups in total. The van der Waals surface area contributed by atoms with Crippen molar-refractivity contribution in [2.24, 2.45) is 0 Å². The van der Waals surface area contributed by atoms with Crippen molar-refractivity contribution in [2.75, 3.05) is 0 Å². The van der Waals surface area contributed by atoms with E-state index in [0.717, 1.165) is 10.7 Å². The van der Waals surface area contributed by atoms with Crippen LogP contribution < -0.4 is 0 Å². The van der Waals surface area contributed by atoms with Gasteiger partial charge in [-0.05, 0) is 55.6 Å². The highest BCUT2D eigenvalue weighted by Gasteiger charge is 2.51. The Balaban J connectivity index is 1.83. The fourth-order valence-electron chi connectivity index (χ4n) is 5.40. The summed E-state index contributed by atoms with van der Waals surface area (Å²) in [7, 11) is 0. The molecule has 1 spiro atoms. The van der Waals surface area contributed by atoms with E-state index in [-0.39, 0.29) is 5.41 Å². The lowest BCUT2D eigenvalue weighted by Gasteiger charge is -2.31. The van der Waals surface area contributed by atoms with Crippen LogP contribution in [0.2, 0.25) is 0 Å². The van der Waals surface area contributed by atoms with Crippen molar-refractivity contribution >= 4 is 31.9 Å². The smallest absolute Gasteiger partial charge is 0.0725 e. The number of halogens is 2. The first-order valence-corrected chi connectivity index (χ1v) is 12.1. The second-order valence-electron chi connectivity index (χ2n) is 7.87. The number of hydrogen-bond donors (Lipinski definition) is 0. The quantitative estimate of drug-likeness (QED) is 0.212. The molecule has 0 atom stereocenters. The van der Waals surface area contributed by atoms with Crippen LogP contribution in [0.15, 0.2) is 84.9 Å². The van der Waals surface area contributed by atoms with Crippen molar-refractivity contribution in [1.29, 1.82) is 0 Å². The molecule has 0 amide bonds. The third kappa shape index (κ3) is 2.19. The minimum absolute atomic E-state index is 0.242. The lowest BCUT2D eigenvalue weighted by Crippen LogP contribution is -2.26. The zero-order valence-corrected chi connectivity index (χ0v) is 18.9. The van der Waals surface area contributed by atoms with Gasteiger partial charge in [0.05, 0.1) is 5.41 Å². The highest BCUT2D eigenvalue weighted by atomic mass is 79.9. The van der Waals surface area contributed by atoms with E-state index in [0.29, 0.717) is 0 Å². The minimum Gasteiger partial charge on any atom is -0.0876 e. The number of alkyl halides is 2. The topological polar surface area (TPSA) is 0 Å². The molecule has 0 unspecified atom stereocenters. The predicted molar refractivity (Wildman–Crippen MR) is 128 cm³/mol. The number of rotatable bonds is 2. The average molecular weight is 502 g/mol. The van der Waals surface area contributed by atoms with Gasteiger partial charge in [-0.25, -0.2) is 0 Å². The molecule has 0 bridgehead atoms. The van der Waals surface area contributed by atoms with Gasteiger partial charge >= 0.3 is 0 Å². The molecule has 0 aliphatic heterocycles. The summed E-state index contributed by atoms with van der Waals surface area (Å²) in [5.41, 5.74) is 13.5. The van der Waals surface area contributed by atoms with E-state index >= 15 is 0 Å². The van der Waals surface area contributed by atoms with E-state index in [1.807, 2.05) is 0 Å². The highest BCUT2D eigenvalue weighted by Crippen LogP contribution is 2.62. The van der Waals surface area contributed by atoms with Gasteiger partial charge in [-0.3, -0.25) is 0 Å². The molecule has 0 radical (unpaired) electrons. The molecule has 4 aromatic carbocycles. The van der Waals surface area contributed by atoms with E-state index in [4.69, 9.17) is 0 Å². The second-order valence-corrected chi connectivity index (χ2v) is 8.99. The number of fused-ring (bicyclic) bond motifs is 10. The maximum absolute atomic E-state index is 3.68. The van der Waals surface area contributed by atoms with Gasteiger partial charge in [0.1, 0.15) is 0 Å². The fourth-order valence-corrected chi connectivity index (χ4v) is 6.10. The third-order valence-electron chi connectivity index (χ3n) is 6.53. The molecule has 29 heavy (non-hydrogen) atoms. The van der Waals surface area contributed by atoms with Crippen LogP contribution in [-0.4, -0.2) is 0 Å². The van der Waals surface area contributed by atoms with Crippen LogP contribution in [0.5, 0.6) is 0 Å². The second kappa shape index (κ2) is 6.42. The Morgan fingerprint density at radius 3 is 1.34 bits per heavy atom. The van der Waals surface area contributed by atoms with Gasteiger partial charge in [0, 0.05) is 10.7 Å². The maximum Gasteiger partial charge on any atom is 0.0725 e. The summed E-state index contributed by atoms with van der Waals surface area (Å²) in [6, 6.07) is 31.9. The first-order valence-electron chi connectivity index (χ1n) is 9.87. The molecule has 0 aromatic heterocycles. The molecule has 4 aromatic rings. The molecule has 0 saturated carbocycles. The van der Waals surface area contributed by atoms with Crippen LogP contribution in [-0.2, 0) is 16.1 Å². The normalized spacial score (nSPS) is 14.4. The van der Waals surface area contributed by atoms with Crippen molar-refractivity contribution in [2.45, 2.75) is 16.1 Å². The monoisotopic (exact) mass is 500 g/mol. The zero-order chi connectivity index (χ0) is 19.6. The lowest BCUT2D eigenvalue weighted by molar-refractivity contribution is 0.791. The molecule has 0 heterocycles. The molecule has 2 heteroatoms. The molecule has 0 saturated heterocycles. The van der Waals surface area contributed by atoms with Crippen molar-refractivity contribution in [3.8, 4) is 22.3 Å². The summed E-state index contributed by atoms with van der Waals surface area (Å²) >= 11 is 7.36. The lowest BCUT2D eigenvalue weighted by atomic mass is 9.70. The van der Waals surface area contributed by atoms with Crippen molar-refractivity contribution < 1.29 is 0 Å². The number of hydrogen-bond acceptors (Lipinski definition) is 0. The highest BCUT2D eigenvalue weighted by molar-refractivity contribution is 9.08. The average Bonchev–Trinajstić information content (AvgIpc) is 3.25. The Kier molecular flexibility index (Phi) is 3.91. The Morgan fingerprint density at radius 1 is 0.483 bits per heavy atom. The summed E-state index contributed by atoms with van der Waals surface area (Å²) < 4.78 is 0. The van der Waals surface area contributed by atoms with Crippen molar-refractivity contribution in [3.63, 3.8) is 0 Å². The van der Waals surface area contributed by atoms with Crippen LogP contribution in [0, 0.1) is 0 Å². The van der Waals surface area contributed by atoms with E-state index in [1.54, 1.807) is 0 Å². The summed E-state index contributed by atoms with van der Waals surface area (Å²) in [6.07, 6.45) is 0. The Hall–Kier alpha value is -2.16. The van der Waals surface area contributed by atoms with Crippen LogP contribution in [0.1, 0.15) is 33.4 Å². The van der Waals surface area contributed by atoms with Crippen molar-refractivity contribution in [3.05, 3.63) is 118 Å². The van der Waals surface area contributed by atoms with Crippen LogP contribution in [0.4, 0.5) is 0 Å². The summed E-state index contributed by atoms with van der Waals surface area (Å²) in [5, 5.41) is 1.73. The van der Waals surface area contributed by atoms with Crippen LogP contribution in [0.3, 0.4) is 0 Å². The maximum atomic E-state index is 3.68. The van der Waals surface area contributed by atoms with Crippen LogP contribution in [0.25, 0.3) is 22.3 Å². The number of benzene rings is 4. The Labute approximate surface area is 187 Å². The summed E-state index contributed by atoms with van der Waals surface area (Å²) in [6.45, 7) is 0. The molecule has 2 aliphatic carbocycles. The summed E-state index contributed by atoms with van der Waals surface area (Å²) in [5.74, 6) is 0. The van der Waals surface area contributed by atoms with E-state index in [1.165, 1.54) is 55.6 Å². The van der Waals surface area contributed by atoms with Gasteiger partial charge in [-0.1, -0.05) is 117 Å². The molecule has 0 nitrogen and oxygen atoms in total. The van der Waals surface area contributed by atoms with Crippen molar-refractivity contribution in [1.82, 2.24) is 0 Å². The standard InChI is InChI=1S/C27H18Br2/c28-15-17-9-11-21-19-5-1-3-7-23(19)27(25(21)13-17)24-8-4-2-6-20(24)22-12-10-18(16-29)14-26(22)27/h1-14H,15-16H2. The molecular weight excluding hydrogens is 484 g/mol. The minimum atomic E-state index is -0.242. The van der Waals surface area contributed by atoms with Gasteiger partial charge in [0.25, 0.3) is 0 Å².